The van der Waals surface area contributed by atoms with Crippen molar-refractivity contribution in [3.8, 4) is 0 Å². The summed E-state index contributed by atoms with van der Waals surface area (Å²) in [6.07, 6.45) is 3.81. The predicted octanol–water partition coefficient (Wildman–Crippen LogP) is 4.07. The van der Waals surface area contributed by atoms with Crippen LogP contribution in [0.2, 0.25) is 5.02 Å². The van der Waals surface area contributed by atoms with Crippen LogP contribution < -0.4 is 5.32 Å². The van der Waals surface area contributed by atoms with Crippen LogP contribution in [0.5, 0.6) is 0 Å². The summed E-state index contributed by atoms with van der Waals surface area (Å²) in [5.74, 6) is 0. The minimum atomic E-state index is 0.246. The van der Waals surface area contributed by atoms with Crippen molar-refractivity contribution in [1.29, 1.82) is 0 Å². The first-order valence-electron chi connectivity index (χ1n) is 6.64. The SMILES string of the molecule is C[C@H](NCc1c[nH]c2ncccc12)c1cccc(Cl)c1. The van der Waals surface area contributed by atoms with Crippen LogP contribution in [-0.4, -0.2) is 9.97 Å². The zero-order valence-corrected chi connectivity index (χ0v) is 12.0. The zero-order chi connectivity index (χ0) is 13.9. The molecule has 0 bridgehead atoms. The number of H-pyrrole nitrogens is 1. The third kappa shape index (κ3) is 2.69. The van der Waals surface area contributed by atoms with E-state index in [1.807, 2.05) is 30.5 Å². The number of fused-ring (bicyclic) bond motifs is 1. The summed E-state index contributed by atoms with van der Waals surface area (Å²) >= 11 is 6.03. The van der Waals surface area contributed by atoms with Gasteiger partial charge in [-0.2, -0.15) is 0 Å². The smallest absolute Gasteiger partial charge is 0.137 e. The van der Waals surface area contributed by atoms with Gasteiger partial charge >= 0.3 is 0 Å². The predicted molar refractivity (Wildman–Crippen MR) is 82.8 cm³/mol. The molecule has 20 heavy (non-hydrogen) atoms. The quantitative estimate of drug-likeness (QED) is 0.759. The summed E-state index contributed by atoms with van der Waals surface area (Å²) in [5, 5.41) is 5.45. The molecule has 1 atom stereocenters. The minimum absolute atomic E-state index is 0.246. The minimum Gasteiger partial charge on any atom is -0.346 e. The number of aromatic nitrogens is 2. The maximum atomic E-state index is 6.03. The topological polar surface area (TPSA) is 40.7 Å². The second-order valence-electron chi connectivity index (χ2n) is 4.87. The molecule has 0 amide bonds. The molecular weight excluding hydrogens is 270 g/mol. The number of hydrogen-bond acceptors (Lipinski definition) is 2. The summed E-state index contributed by atoms with van der Waals surface area (Å²) in [5.41, 5.74) is 3.34. The second kappa shape index (κ2) is 5.65. The number of nitrogens with zero attached hydrogens (tertiary/aromatic N) is 1. The Kier molecular flexibility index (Phi) is 3.72. The summed E-state index contributed by atoms with van der Waals surface area (Å²) in [6, 6.07) is 12.2. The van der Waals surface area contributed by atoms with E-state index in [4.69, 9.17) is 11.6 Å². The number of pyridine rings is 1. The van der Waals surface area contributed by atoms with E-state index in [1.54, 1.807) is 6.20 Å². The van der Waals surface area contributed by atoms with E-state index in [9.17, 15) is 0 Å². The molecule has 2 N–H and O–H groups in total. The Bertz CT molecular complexity index is 720. The number of aromatic amines is 1. The summed E-state index contributed by atoms with van der Waals surface area (Å²) < 4.78 is 0. The van der Waals surface area contributed by atoms with E-state index >= 15 is 0 Å². The van der Waals surface area contributed by atoms with Gasteiger partial charge in [-0.25, -0.2) is 4.98 Å². The fourth-order valence-corrected chi connectivity index (χ4v) is 2.51. The third-order valence-corrected chi connectivity index (χ3v) is 3.72. The van der Waals surface area contributed by atoms with Crippen molar-refractivity contribution < 1.29 is 0 Å². The Hall–Kier alpha value is -1.84. The molecule has 0 saturated heterocycles. The molecule has 1 aromatic carbocycles. The molecule has 0 fully saturated rings. The highest BCUT2D eigenvalue weighted by molar-refractivity contribution is 6.30. The van der Waals surface area contributed by atoms with Crippen molar-refractivity contribution in [2.75, 3.05) is 0 Å². The number of benzene rings is 1. The van der Waals surface area contributed by atoms with Crippen molar-refractivity contribution in [1.82, 2.24) is 15.3 Å². The van der Waals surface area contributed by atoms with Gasteiger partial charge in [0.15, 0.2) is 0 Å². The van der Waals surface area contributed by atoms with Crippen LogP contribution in [0.1, 0.15) is 24.1 Å². The highest BCUT2D eigenvalue weighted by Crippen LogP contribution is 2.19. The van der Waals surface area contributed by atoms with Gasteiger partial charge in [0.25, 0.3) is 0 Å². The van der Waals surface area contributed by atoms with Crippen LogP contribution >= 0.6 is 11.6 Å². The molecular formula is C16H16ClN3. The Morgan fingerprint density at radius 2 is 2.20 bits per heavy atom. The lowest BCUT2D eigenvalue weighted by molar-refractivity contribution is 0.576. The summed E-state index contributed by atoms with van der Waals surface area (Å²) in [4.78, 5) is 7.49. The molecule has 3 nitrogen and oxygen atoms in total. The summed E-state index contributed by atoms with van der Waals surface area (Å²) in [7, 11) is 0. The van der Waals surface area contributed by atoms with Crippen molar-refractivity contribution >= 4 is 22.6 Å². The molecule has 0 saturated carbocycles. The van der Waals surface area contributed by atoms with Crippen molar-refractivity contribution in [2.24, 2.45) is 0 Å². The van der Waals surface area contributed by atoms with E-state index in [0.29, 0.717) is 0 Å². The Morgan fingerprint density at radius 3 is 3.05 bits per heavy atom. The number of rotatable bonds is 4. The molecule has 0 radical (unpaired) electrons. The van der Waals surface area contributed by atoms with Crippen LogP contribution in [0.3, 0.4) is 0 Å². The maximum Gasteiger partial charge on any atom is 0.137 e. The zero-order valence-electron chi connectivity index (χ0n) is 11.2. The molecule has 4 heteroatoms. The molecule has 0 aliphatic carbocycles. The van der Waals surface area contributed by atoms with E-state index in [0.717, 1.165) is 17.2 Å². The van der Waals surface area contributed by atoms with Gasteiger partial charge in [0.05, 0.1) is 0 Å². The van der Waals surface area contributed by atoms with Gasteiger partial charge in [-0.05, 0) is 42.3 Å². The van der Waals surface area contributed by atoms with Gasteiger partial charge in [0.2, 0.25) is 0 Å². The molecule has 0 spiro atoms. The van der Waals surface area contributed by atoms with Crippen LogP contribution in [0.15, 0.2) is 48.8 Å². The van der Waals surface area contributed by atoms with Gasteiger partial charge in [0, 0.05) is 35.4 Å². The average Bonchev–Trinajstić information content (AvgIpc) is 2.88. The molecule has 0 aliphatic heterocycles. The van der Waals surface area contributed by atoms with E-state index in [2.05, 4.69) is 34.3 Å². The number of nitrogens with one attached hydrogen (secondary N) is 2. The average molecular weight is 286 g/mol. The van der Waals surface area contributed by atoms with Crippen LogP contribution in [-0.2, 0) is 6.54 Å². The van der Waals surface area contributed by atoms with Gasteiger partial charge in [-0.3, -0.25) is 0 Å². The molecule has 0 unspecified atom stereocenters. The first-order valence-corrected chi connectivity index (χ1v) is 7.01. The lowest BCUT2D eigenvalue weighted by Gasteiger charge is -2.14. The second-order valence-corrected chi connectivity index (χ2v) is 5.31. The molecule has 2 aromatic heterocycles. The van der Waals surface area contributed by atoms with Gasteiger partial charge in [-0.15, -0.1) is 0 Å². The standard InChI is InChI=1S/C16H16ClN3/c1-11(12-4-2-5-14(17)8-12)19-9-13-10-20-16-15(13)6-3-7-18-16/h2-8,10-11,19H,9H2,1H3,(H,18,20)/t11-/m0/s1. The van der Waals surface area contributed by atoms with Gasteiger partial charge in [0.1, 0.15) is 5.65 Å². The Labute approximate surface area is 123 Å². The lowest BCUT2D eigenvalue weighted by atomic mass is 10.1. The molecule has 2 heterocycles. The van der Waals surface area contributed by atoms with Crippen LogP contribution in [0.25, 0.3) is 11.0 Å². The molecule has 0 aliphatic rings. The fraction of sp³-hybridized carbons (Fsp3) is 0.188. The highest BCUT2D eigenvalue weighted by Gasteiger charge is 2.08. The molecule has 3 rings (SSSR count). The van der Waals surface area contributed by atoms with Crippen LogP contribution in [0.4, 0.5) is 0 Å². The first kappa shape index (κ1) is 13.2. The highest BCUT2D eigenvalue weighted by atomic mass is 35.5. The number of hydrogen-bond donors (Lipinski definition) is 2. The van der Waals surface area contributed by atoms with E-state index in [1.165, 1.54) is 16.5 Å². The monoisotopic (exact) mass is 285 g/mol. The van der Waals surface area contributed by atoms with Crippen LogP contribution in [0, 0.1) is 0 Å². The normalized spacial score (nSPS) is 12.7. The number of halogens is 1. The van der Waals surface area contributed by atoms with Gasteiger partial charge in [-0.1, -0.05) is 23.7 Å². The van der Waals surface area contributed by atoms with Gasteiger partial charge < -0.3 is 10.3 Å². The van der Waals surface area contributed by atoms with Crippen molar-refractivity contribution in [2.45, 2.75) is 19.5 Å². The Balaban J connectivity index is 1.73. The lowest BCUT2D eigenvalue weighted by Crippen LogP contribution is -2.17. The first-order chi connectivity index (χ1) is 9.74. The van der Waals surface area contributed by atoms with E-state index in [-0.39, 0.29) is 6.04 Å². The third-order valence-electron chi connectivity index (χ3n) is 3.48. The van der Waals surface area contributed by atoms with Crippen molar-refractivity contribution in [3.63, 3.8) is 0 Å². The Morgan fingerprint density at radius 1 is 1.30 bits per heavy atom. The van der Waals surface area contributed by atoms with Crippen molar-refractivity contribution in [3.05, 3.63) is 64.9 Å². The largest absolute Gasteiger partial charge is 0.346 e. The molecule has 3 aromatic rings. The molecule has 102 valence electrons. The fourth-order valence-electron chi connectivity index (χ4n) is 2.32. The maximum absolute atomic E-state index is 6.03. The van der Waals surface area contributed by atoms with E-state index < -0.39 is 0 Å². The summed E-state index contributed by atoms with van der Waals surface area (Å²) in [6.45, 7) is 2.93.